The molecule has 2 amide bonds. The molecule has 2 saturated carbocycles. The van der Waals surface area contributed by atoms with Crippen LogP contribution in [0.4, 0.5) is 0 Å². The summed E-state index contributed by atoms with van der Waals surface area (Å²) in [5.74, 6) is 1.30. The van der Waals surface area contributed by atoms with E-state index in [9.17, 15) is 9.59 Å². The van der Waals surface area contributed by atoms with Gasteiger partial charge in [-0.2, -0.15) is 0 Å². The van der Waals surface area contributed by atoms with Crippen LogP contribution < -0.4 is 5.32 Å². The third-order valence-corrected chi connectivity index (χ3v) is 7.62. The molecule has 0 aromatic carbocycles. The molecule has 1 aromatic rings. The predicted molar refractivity (Wildman–Crippen MR) is 93.4 cm³/mol. The van der Waals surface area contributed by atoms with Crippen LogP contribution in [0.5, 0.6) is 0 Å². The van der Waals surface area contributed by atoms with Gasteiger partial charge in [-0.3, -0.25) is 9.59 Å². The third-order valence-electron chi connectivity index (χ3n) is 7.62. The van der Waals surface area contributed by atoms with Crippen LogP contribution in [0.15, 0.2) is 22.8 Å². The monoisotopic (exact) mass is 344 g/mol. The molecule has 1 N–H and O–H groups in total. The van der Waals surface area contributed by atoms with Crippen molar-refractivity contribution in [2.45, 2.75) is 59.0 Å². The summed E-state index contributed by atoms with van der Waals surface area (Å²) in [5.41, 5.74) is 0.450. The zero-order valence-electron chi connectivity index (χ0n) is 15.4. The molecule has 2 bridgehead atoms. The van der Waals surface area contributed by atoms with Gasteiger partial charge in [0, 0.05) is 19.0 Å². The van der Waals surface area contributed by atoms with Crippen molar-refractivity contribution in [3.63, 3.8) is 0 Å². The molecule has 1 aliphatic heterocycles. The van der Waals surface area contributed by atoms with Gasteiger partial charge in [-0.1, -0.05) is 20.8 Å². The van der Waals surface area contributed by atoms with Crippen molar-refractivity contribution in [1.29, 1.82) is 0 Å². The second-order valence-electron chi connectivity index (χ2n) is 8.93. The quantitative estimate of drug-likeness (QED) is 0.913. The van der Waals surface area contributed by atoms with Crippen LogP contribution in [-0.4, -0.2) is 29.3 Å². The maximum Gasteiger partial charge on any atom is 0.225 e. The van der Waals surface area contributed by atoms with Gasteiger partial charge < -0.3 is 14.6 Å². The predicted octanol–water partition coefficient (Wildman–Crippen LogP) is 2.96. The van der Waals surface area contributed by atoms with Crippen molar-refractivity contribution in [2.75, 3.05) is 6.54 Å². The molecule has 0 radical (unpaired) electrons. The van der Waals surface area contributed by atoms with E-state index >= 15 is 0 Å². The fraction of sp³-hybridized carbons (Fsp3) is 0.700. The number of carbonyl (C=O) groups excluding carboxylic acids is 2. The normalized spacial score (nSPS) is 36.2. The Morgan fingerprint density at radius 1 is 1.40 bits per heavy atom. The highest BCUT2D eigenvalue weighted by atomic mass is 16.3. The first-order valence-corrected chi connectivity index (χ1v) is 9.42. The molecule has 4 rings (SSSR count). The first kappa shape index (κ1) is 16.7. The van der Waals surface area contributed by atoms with Gasteiger partial charge in [0.1, 0.15) is 5.76 Å². The van der Waals surface area contributed by atoms with E-state index in [-0.39, 0.29) is 34.6 Å². The van der Waals surface area contributed by atoms with Crippen molar-refractivity contribution in [1.82, 2.24) is 10.2 Å². The van der Waals surface area contributed by atoms with Crippen molar-refractivity contribution in [2.24, 2.45) is 22.7 Å². The highest BCUT2D eigenvalue weighted by molar-refractivity contribution is 5.89. The Hall–Kier alpha value is -1.78. The number of nitrogens with one attached hydrogen (secondary N) is 1. The molecule has 136 valence electrons. The first-order valence-electron chi connectivity index (χ1n) is 9.42. The second kappa shape index (κ2) is 5.61. The van der Waals surface area contributed by atoms with Gasteiger partial charge in [-0.15, -0.1) is 0 Å². The van der Waals surface area contributed by atoms with Gasteiger partial charge in [0.25, 0.3) is 0 Å². The molecular weight excluding hydrogens is 316 g/mol. The average Bonchev–Trinajstić information content (AvgIpc) is 3.27. The van der Waals surface area contributed by atoms with Crippen LogP contribution in [0, 0.1) is 22.7 Å². The van der Waals surface area contributed by atoms with Crippen LogP contribution in [0.3, 0.4) is 0 Å². The van der Waals surface area contributed by atoms with E-state index in [1.165, 1.54) is 12.8 Å². The molecule has 25 heavy (non-hydrogen) atoms. The highest BCUT2D eigenvalue weighted by Gasteiger charge is 2.61. The van der Waals surface area contributed by atoms with Crippen LogP contribution in [0.2, 0.25) is 0 Å². The number of rotatable bonds is 4. The summed E-state index contributed by atoms with van der Waals surface area (Å²) < 4.78 is 5.32. The second-order valence-corrected chi connectivity index (χ2v) is 8.93. The minimum Gasteiger partial charge on any atom is -0.467 e. The lowest BCUT2D eigenvalue weighted by Gasteiger charge is -2.39. The van der Waals surface area contributed by atoms with Gasteiger partial charge in [0.05, 0.1) is 18.7 Å². The zero-order valence-corrected chi connectivity index (χ0v) is 15.4. The first-order chi connectivity index (χ1) is 11.8. The summed E-state index contributed by atoms with van der Waals surface area (Å²) in [6.45, 7) is 7.96. The molecule has 3 fully saturated rings. The summed E-state index contributed by atoms with van der Waals surface area (Å²) in [6.07, 6.45) is 5.45. The van der Waals surface area contributed by atoms with Gasteiger partial charge in [0.15, 0.2) is 0 Å². The summed E-state index contributed by atoms with van der Waals surface area (Å²) >= 11 is 0. The molecule has 5 nitrogen and oxygen atoms in total. The standard InChI is InChI=1S/C20H28N2O3/c1-19(2)14-6-7-20(19,3)16(10-14)21-18(24)13-9-17(23)22(11-13)12-15-5-4-8-25-15/h4-5,8,13-14,16H,6-7,9-12H2,1-3H3,(H,21,24)/t13-,14-,16-,20-/m1/s1. The lowest BCUT2D eigenvalue weighted by molar-refractivity contribution is -0.129. The summed E-state index contributed by atoms with van der Waals surface area (Å²) in [6, 6.07) is 3.92. The maximum absolute atomic E-state index is 12.8. The lowest BCUT2D eigenvalue weighted by Crippen LogP contribution is -2.48. The van der Waals surface area contributed by atoms with Crippen molar-refractivity contribution in [3.8, 4) is 0 Å². The number of furan rings is 1. The van der Waals surface area contributed by atoms with E-state index in [0.717, 1.165) is 12.2 Å². The minimum absolute atomic E-state index is 0.0380. The Morgan fingerprint density at radius 3 is 2.80 bits per heavy atom. The molecule has 2 aliphatic carbocycles. The van der Waals surface area contributed by atoms with Gasteiger partial charge in [-0.05, 0) is 48.1 Å². The third kappa shape index (κ3) is 2.51. The topological polar surface area (TPSA) is 62.6 Å². The van der Waals surface area contributed by atoms with Crippen LogP contribution in [0.25, 0.3) is 0 Å². The van der Waals surface area contributed by atoms with Crippen LogP contribution in [0.1, 0.15) is 52.2 Å². The summed E-state index contributed by atoms with van der Waals surface area (Å²) in [7, 11) is 0. The minimum atomic E-state index is -0.242. The van der Waals surface area contributed by atoms with Gasteiger partial charge in [0.2, 0.25) is 11.8 Å². The fourth-order valence-corrected chi connectivity index (χ4v) is 5.40. The Balaban J connectivity index is 1.39. The zero-order chi connectivity index (χ0) is 17.8. The molecule has 1 aromatic heterocycles. The fourth-order valence-electron chi connectivity index (χ4n) is 5.40. The molecule has 1 saturated heterocycles. The van der Waals surface area contributed by atoms with Crippen molar-refractivity contribution in [3.05, 3.63) is 24.2 Å². The average molecular weight is 344 g/mol. The largest absolute Gasteiger partial charge is 0.467 e. The van der Waals surface area contributed by atoms with E-state index in [4.69, 9.17) is 4.42 Å². The van der Waals surface area contributed by atoms with Gasteiger partial charge >= 0.3 is 0 Å². The van der Waals surface area contributed by atoms with Crippen LogP contribution in [-0.2, 0) is 16.1 Å². The number of carbonyl (C=O) groups is 2. The number of nitrogens with zero attached hydrogens (tertiary/aromatic N) is 1. The van der Waals surface area contributed by atoms with E-state index < -0.39 is 0 Å². The Labute approximate surface area is 149 Å². The van der Waals surface area contributed by atoms with E-state index in [1.807, 2.05) is 12.1 Å². The van der Waals surface area contributed by atoms with Gasteiger partial charge in [-0.25, -0.2) is 0 Å². The summed E-state index contributed by atoms with van der Waals surface area (Å²) in [5, 5.41) is 3.31. The lowest BCUT2D eigenvalue weighted by atomic mass is 9.69. The molecule has 2 heterocycles. The number of amides is 2. The highest BCUT2D eigenvalue weighted by Crippen LogP contribution is 2.65. The van der Waals surface area contributed by atoms with E-state index in [0.29, 0.717) is 25.4 Å². The Bertz CT molecular complexity index is 681. The molecule has 3 aliphatic rings. The SMILES string of the molecule is CC1(C)[C@@H]2CC[C@]1(C)[C@H](NC(=O)[C@@H]1CC(=O)N(Cc3ccco3)C1)C2. The van der Waals surface area contributed by atoms with Crippen molar-refractivity contribution < 1.29 is 14.0 Å². The number of hydrogen-bond donors (Lipinski definition) is 1. The van der Waals surface area contributed by atoms with Crippen LogP contribution >= 0.6 is 0 Å². The maximum atomic E-state index is 12.8. The number of fused-ring (bicyclic) bond motifs is 2. The number of likely N-dealkylation sites (tertiary alicyclic amines) is 1. The molecule has 0 spiro atoms. The molecule has 0 unspecified atom stereocenters. The Kier molecular flexibility index (Phi) is 3.74. The Morgan fingerprint density at radius 2 is 2.20 bits per heavy atom. The van der Waals surface area contributed by atoms with Crippen molar-refractivity contribution >= 4 is 11.8 Å². The van der Waals surface area contributed by atoms with E-state index in [2.05, 4.69) is 26.1 Å². The molecule has 5 heteroatoms. The smallest absolute Gasteiger partial charge is 0.225 e. The number of hydrogen-bond acceptors (Lipinski definition) is 3. The van der Waals surface area contributed by atoms with E-state index in [1.54, 1.807) is 11.2 Å². The molecular formula is C20H28N2O3. The summed E-state index contributed by atoms with van der Waals surface area (Å²) in [4.78, 5) is 26.8. The molecule has 4 atom stereocenters.